The quantitative estimate of drug-likeness (QED) is 0.484. The Balaban J connectivity index is 2.24. The van der Waals surface area contributed by atoms with Crippen molar-refractivity contribution in [2.24, 2.45) is 0 Å². The molecule has 0 aliphatic carbocycles. The monoisotopic (exact) mass is 351 g/mol. The van der Waals surface area contributed by atoms with Crippen LogP contribution in [-0.4, -0.2) is 25.3 Å². The molecule has 1 atom stereocenters. The first-order valence-electron chi connectivity index (χ1n) is 6.09. The maximum absolute atomic E-state index is 12.3. The number of rotatable bonds is 5. The van der Waals surface area contributed by atoms with Gasteiger partial charge < -0.3 is 0 Å². The van der Waals surface area contributed by atoms with Crippen molar-refractivity contribution in [3.8, 4) is 11.1 Å². The van der Waals surface area contributed by atoms with Crippen LogP contribution in [0.1, 0.15) is 6.92 Å². The second kappa shape index (κ2) is 6.74. The summed E-state index contributed by atoms with van der Waals surface area (Å²) in [5, 5.41) is 8.83. The fraction of sp³-hybridized carbons (Fsp3) is 0.0714. The zero-order valence-electron chi connectivity index (χ0n) is 11.2. The molecule has 0 bridgehead atoms. The molecule has 0 saturated heterocycles. The van der Waals surface area contributed by atoms with Crippen molar-refractivity contribution in [1.82, 2.24) is 5.48 Å². The third-order valence-corrected chi connectivity index (χ3v) is 5.81. The second-order valence-corrected chi connectivity index (χ2v) is 8.14. The first-order chi connectivity index (χ1) is 10.0. The molecular weight excluding hydrogens is 337 g/mol. The van der Waals surface area contributed by atoms with Gasteiger partial charge in [0.05, 0.1) is 0 Å². The molecule has 2 aromatic rings. The number of amides is 1. The number of hydroxylamine groups is 1. The summed E-state index contributed by atoms with van der Waals surface area (Å²) in [6.07, 6.45) is 0. The molecule has 2 rings (SSSR count). The molecule has 110 valence electrons. The summed E-state index contributed by atoms with van der Waals surface area (Å²) >= 11 is -4.69. The Morgan fingerprint density at radius 3 is 2.14 bits per heavy atom. The molecule has 1 amide bonds. The van der Waals surface area contributed by atoms with Crippen molar-refractivity contribution in [2.45, 2.75) is 6.92 Å². The third kappa shape index (κ3) is 3.83. The summed E-state index contributed by atoms with van der Waals surface area (Å²) in [7, 11) is 0. The van der Waals surface area contributed by atoms with Gasteiger partial charge >= 0.3 is 124 Å². The van der Waals surface area contributed by atoms with E-state index in [1.165, 1.54) is 19.1 Å². The Hall–Kier alpha value is -1.85. The van der Waals surface area contributed by atoms with Crippen molar-refractivity contribution in [1.29, 1.82) is 0 Å². The van der Waals surface area contributed by atoms with Crippen LogP contribution in [0.5, 0.6) is 0 Å². The molecule has 2 N–H and O–H groups in total. The molecule has 2 aromatic carbocycles. The Labute approximate surface area is 124 Å². The number of carbonyl (C=O) groups is 1. The minimum atomic E-state index is -4.69. The summed E-state index contributed by atoms with van der Waals surface area (Å²) < 4.78 is 21.2. The SMILES string of the molecule is CC(=O)NO[As](=O)(OO)c1ccc(-c2ccccc2)cc1. The van der Waals surface area contributed by atoms with Gasteiger partial charge in [-0.05, 0) is 0 Å². The average molecular weight is 351 g/mol. The van der Waals surface area contributed by atoms with Crippen LogP contribution in [0.2, 0.25) is 0 Å². The predicted molar refractivity (Wildman–Crippen MR) is 76.6 cm³/mol. The van der Waals surface area contributed by atoms with Crippen LogP contribution in [0, 0.1) is 0 Å². The Kier molecular flexibility index (Phi) is 4.98. The van der Waals surface area contributed by atoms with E-state index < -0.39 is 20.1 Å². The van der Waals surface area contributed by atoms with Gasteiger partial charge in [0, 0.05) is 0 Å². The molecular formula is C14H14AsNO5. The third-order valence-electron chi connectivity index (χ3n) is 2.71. The first kappa shape index (κ1) is 15.5. The van der Waals surface area contributed by atoms with Crippen molar-refractivity contribution in [3.05, 3.63) is 54.6 Å². The van der Waals surface area contributed by atoms with Crippen LogP contribution >= 0.6 is 0 Å². The number of nitrogens with one attached hydrogen (secondary N) is 1. The average Bonchev–Trinajstić information content (AvgIpc) is 2.53. The molecule has 0 spiro atoms. The Bertz CT molecular complexity index is 657. The summed E-state index contributed by atoms with van der Waals surface area (Å²) in [4.78, 5) is 10.8. The van der Waals surface area contributed by atoms with Gasteiger partial charge in [0.1, 0.15) is 0 Å². The van der Waals surface area contributed by atoms with Gasteiger partial charge in [-0.2, -0.15) is 0 Å². The standard InChI is InChI=1S/C14H14AsNO5/c1-11(17)16-20-15(18,21-19)14-9-7-13(8-10-14)12-5-3-2-4-6-12/h2-10,19H,1H3,(H,16,17). The van der Waals surface area contributed by atoms with Crippen molar-refractivity contribution in [2.75, 3.05) is 0 Å². The molecule has 7 heteroatoms. The van der Waals surface area contributed by atoms with Gasteiger partial charge in [0.25, 0.3) is 0 Å². The van der Waals surface area contributed by atoms with Crippen LogP contribution in [0.15, 0.2) is 54.6 Å². The maximum atomic E-state index is 12.3. The molecule has 0 fully saturated rings. The van der Waals surface area contributed by atoms with Crippen molar-refractivity contribution in [3.63, 3.8) is 0 Å². The van der Waals surface area contributed by atoms with Gasteiger partial charge in [-0.3, -0.25) is 0 Å². The van der Waals surface area contributed by atoms with Crippen LogP contribution in [0.25, 0.3) is 11.1 Å². The molecule has 21 heavy (non-hydrogen) atoms. The van der Waals surface area contributed by atoms with E-state index in [1.54, 1.807) is 12.1 Å². The van der Waals surface area contributed by atoms with Crippen LogP contribution in [-0.2, 0) is 16.2 Å². The van der Waals surface area contributed by atoms with Crippen LogP contribution in [0.3, 0.4) is 0 Å². The van der Waals surface area contributed by atoms with E-state index >= 15 is 0 Å². The Morgan fingerprint density at radius 2 is 1.62 bits per heavy atom. The van der Waals surface area contributed by atoms with E-state index in [0.29, 0.717) is 0 Å². The van der Waals surface area contributed by atoms with Gasteiger partial charge in [0.15, 0.2) is 0 Å². The topological polar surface area (TPSA) is 84.9 Å². The molecule has 0 saturated carbocycles. The molecule has 0 aromatic heterocycles. The predicted octanol–water partition coefficient (Wildman–Crippen LogP) is 1.49. The summed E-state index contributed by atoms with van der Waals surface area (Å²) in [6, 6.07) is 16.1. The zero-order chi connectivity index (χ0) is 15.3. The molecule has 0 aliphatic rings. The molecule has 0 heterocycles. The Morgan fingerprint density at radius 1 is 1.05 bits per heavy atom. The summed E-state index contributed by atoms with van der Waals surface area (Å²) in [5.74, 6) is -0.547. The van der Waals surface area contributed by atoms with Gasteiger partial charge in [0.2, 0.25) is 0 Å². The van der Waals surface area contributed by atoms with E-state index in [0.717, 1.165) is 11.1 Å². The zero-order valence-corrected chi connectivity index (χ0v) is 13.1. The van der Waals surface area contributed by atoms with Crippen molar-refractivity contribution < 1.29 is 21.5 Å². The van der Waals surface area contributed by atoms with E-state index in [1.807, 2.05) is 35.8 Å². The molecule has 1 unspecified atom stereocenters. The normalized spacial score (nSPS) is 13.4. The van der Waals surface area contributed by atoms with Crippen LogP contribution in [0.4, 0.5) is 0 Å². The van der Waals surface area contributed by atoms with Gasteiger partial charge in [-0.1, -0.05) is 0 Å². The molecule has 0 aliphatic heterocycles. The fourth-order valence-corrected chi connectivity index (χ4v) is 3.80. The van der Waals surface area contributed by atoms with E-state index in [4.69, 9.17) is 9.08 Å². The number of benzene rings is 2. The van der Waals surface area contributed by atoms with Crippen molar-refractivity contribution >= 4 is 24.4 Å². The van der Waals surface area contributed by atoms with Gasteiger partial charge in [-0.25, -0.2) is 0 Å². The number of hydrogen-bond acceptors (Lipinski definition) is 5. The minimum absolute atomic E-state index is 0.184. The van der Waals surface area contributed by atoms with E-state index in [2.05, 4.69) is 3.88 Å². The number of hydrogen-bond donors (Lipinski definition) is 2. The molecule has 0 radical (unpaired) electrons. The number of carbonyl (C=O) groups excluding carboxylic acids is 1. The fourth-order valence-electron chi connectivity index (χ4n) is 1.71. The summed E-state index contributed by atoms with van der Waals surface area (Å²) in [5.41, 5.74) is 3.84. The second-order valence-electron chi connectivity index (χ2n) is 4.24. The molecule has 6 nitrogen and oxygen atoms in total. The van der Waals surface area contributed by atoms with E-state index in [-0.39, 0.29) is 4.35 Å². The van der Waals surface area contributed by atoms with Crippen LogP contribution < -0.4 is 9.83 Å². The first-order valence-corrected chi connectivity index (χ1v) is 9.33. The van der Waals surface area contributed by atoms with Gasteiger partial charge in [-0.15, -0.1) is 0 Å². The van der Waals surface area contributed by atoms with E-state index in [9.17, 15) is 8.53 Å². The summed E-state index contributed by atoms with van der Waals surface area (Å²) in [6.45, 7) is 1.19.